The number of carboxylic acids is 1. The Hall–Kier alpha value is -0.830. The molecule has 3 nitrogen and oxygen atoms in total. The minimum Gasteiger partial charge on any atom is -0.478 e. The zero-order valence-corrected chi connectivity index (χ0v) is 10.2. The van der Waals surface area contributed by atoms with Gasteiger partial charge in [-0.05, 0) is 31.2 Å². The van der Waals surface area contributed by atoms with E-state index in [0.29, 0.717) is 6.54 Å². The monoisotopic (exact) mass is 225 g/mol. The van der Waals surface area contributed by atoms with Gasteiger partial charge in [0.05, 0.1) is 0 Å². The van der Waals surface area contributed by atoms with Gasteiger partial charge in [0.15, 0.2) is 0 Å². The van der Waals surface area contributed by atoms with Crippen molar-refractivity contribution < 1.29 is 9.90 Å². The summed E-state index contributed by atoms with van der Waals surface area (Å²) in [6.45, 7) is 7.10. The maximum Gasteiger partial charge on any atom is 0.332 e. The van der Waals surface area contributed by atoms with Gasteiger partial charge in [0.25, 0.3) is 0 Å². The van der Waals surface area contributed by atoms with E-state index in [0.717, 1.165) is 18.4 Å². The second-order valence-corrected chi connectivity index (χ2v) is 4.83. The van der Waals surface area contributed by atoms with Gasteiger partial charge in [0.1, 0.15) is 0 Å². The molecule has 1 aliphatic carbocycles. The van der Waals surface area contributed by atoms with Crippen LogP contribution in [0.1, 0.15) is 39.0 Å². The molecule has 16 heavy (non-hydrogen) atoms. The minimum absolute atomic E-state index is 0.252. The van der Waals surface area contributed by atoms with Crippen LogP contribution in [0.3, 0.4) is 0 Å². The predicted octanol–water partition coefficient (Wildman–Crippen LogP) is 2.43. The number of carbonyl (C=O) groups is 1. The fourth-order valence-electron chi connectivity index (χ4n) is 2.35. The van der Waals surface area contributed by atoms with Gasteiger partial charge in [-0.1, -0.05) is 32.8 Å². The molecule has 1 rings (SSSR count). The van der Waals surface area contributed by atoms with E-state index in [1.807, 2.05) is 0 Å². The molecule has 1 aliphatic rings. The largest absolute Gasteiger partial charge is 0.478 e. The highest BCUT2D eigenvalue weighted by Crippen LogP contribution is 2.29. The van der Waals surface area contributed by atoms with Crippen molar-refractivity contribution in [1.29, 1.82) is 0 Å². The Kier molecular flexibility index (Phi) is 5.53. The summed E-state index contributed by atoms with van der Waals surface area (Å²) >= 11 is 0. The zero-order valence-electron chi connectivity index (χ0n) is 10.2. The highest BCUT2D eigenvalue weighted by Gasteiger charge is 2.19. The summed E-state index contributed by atoms with van der Waals surface area (Å²) < 4.78 is 0. The van der Waals surface area contributed by atoms with Crippen molar-refractivity contribution in [2.24, 2.45) is 11.8 Å². The Morgan fingerprint density at radius 1 is 1.31 bits per heavy atom. The van der Waals surface area contributed by atoms with E-state index in [-0.39, 0.29) is 5.57 Å². The van der Waals surface area contributed by atoms with Gasteiger partial charge < -0.3 is 10.4 Å². The Balaban J connectivity index is 2.11. The second kappa shape index (κ2) is 6.69. The normalized spacial score (nSPS) is 25.3. The molecule has 0 aromatic carbocycles. The van der Waals surface area contributed by atoms with Gasteiger partial charge in [0.2, 0.25) is 0 Å². The Labute approximate surface area is 97.9 Å². The summed E-state index contributed by atoms with van der Waals surface area (Å²) in [4.78, 5) is 10.5. The van der Waals surface area contributed by atoms with Crippen LogP contribution in [0.5, 0.6) is 0 Å². The minimum atomic E-state index is -0.901. The first-order valence-electron chi connectivity index (χ1n) is 6.25. The van der Waals surface area contributed by atoms with Gasteiger partial charge in [-0.15, -0.1) is 0 Å². The Morgan fingerprint density at radius 2 is 1.88 bits per heavy atom. The lowest BCUT2D eigenvalue weighted by Crippen LogP contribution is -2.29. The van der Waals surface area contributed by atoms with Crippen molar-refractivity contribution in [3.05, 3.63) is 12.2 Å². The van der Waals surface area contributed by atoms with Crippen LogP contribution in [0.15, 0.2) is 12.2 Å². The molecule has 1 fully saturated rings. The van der Waals surface area contributed by atoms with Gasteiger partial charge in [-0.25, -0.2) is 4.79 Å². The van der Waals surface area contributed by atoms with Crippen LogP contribution >= 0.6 is 0 Å². The van der Waals surface area contributed by atoms with Crippen molar-refractivity contribution in [2.75, 3.05) is 13.1 Å². The third kappa shape index (κ3) is 4.35. The standard InChI is InChI=1S/C13H23NO2/c1-3-11-4-6-12(7-5-11)9-14-8-10(2)13(15)16/h11-12,14H,2-9H2,1H3,(H,15,16). The molecule has 0 heterocycles. The molecule has 1 saturated carbocycles. The molecule has 92 valence electrons. The molecular weight excluding hydrogens is 202 g/mol. The molecule has 0 amide bonds. The molecule has 0 aromatic heterocycles. The third-order valence-corrected chi connectivity index (χ3v) is 3.62. The summed E-state index contributed by atoms with van der Waals surface area (Å²) in [7, 11) is 0. The van der Waals surface area contributed by atoms with Crippen LogP contribution in [0.2, 0.25) is 0 Å². The van der Waals surface area contributed by atoms with E-state index in [1.54, 1.807) is 0 Å². The number of nitrogens with one attached hydrogen (secondary N) is 1. The summed E-state index contributed by atoms with van der Waals surface area (Å²) in [6, 6.07) is 0. The van der Waals surface area contributed by atoms with E-state index in [1.165, 1.54) is 32.1 Å². The van der Waals surface area contributed by atoms with E-state index >= 15 is 0 Å². The molecule has 0 spiro atoms. The van der Waals surface area contributed by atoms with E-state index in [2.05, 4.69) is 18.8 Å². The zero-order chi connectivity index (χ0) is 12.0. The number of aliphatic carboxylic acids is 1. The van der Waals surface area contributed by atoms with Gasteiger partial charge in [-0.3, -0.25) is 0 Å². The molecular formula is C13H23NO2. The first kappa shape index (κ1) is 13.2. The molecule has 0 unspecified atom stereocenters. The average Bonchev–Trinajstić information content (AvgIpc) is 2.29. The molecule has 0 saturated heterocycles. The van der Waals surface area contributed by atoms with Gasteiger partial charge in [-0.2, -0.15) is 0 Å². The summed E-state index contributed by atoms with van der Waals surface area (Å²) in [5.74, 6) is 0.747. The SMILES string of the molecule is C=C(CNCC1CCC(CC)CC1)C(=O)O. The predicted molar refractivity (Wildman–Crippen MR) is 65.4 cm³/mol. The molecule has 3 heteroatoms. The van der Waals surface area contributed by atoms with Gasteiger partial charge >= 0.3 is 5.97 Å². The van der Waals surface area contributed by atoms with Crippen molar-refractivity contribution >= 4 is 5.97 Å². The molecule has 0 atom stereocenters. The van der Waals surface area contributed by atoms with Crippen LogP contribution < -0.4 is 5.32 Å². The fourth-order valence-corrected chi connectivity index (χ4v) is 2.35. The van der Waals surface area contributed by atoms with Crippen LogP contribution in [0.25, 0.3) is 0 Å². The number of hydrogen-bond acceptors (Lipinski definition) is 2. The maximum absolute atomic E-state index is 10.5. The van der Waals surface area contributed by atoms with Crippen LogP contribution in [-0.4, -0.2) is 24.2 Å². The van der Waals surface area contributed by atoms with Crippen molar-refractivity contribution in [3.63, 3.8) is 0 Å². The van der Waals surface area contributed by atoms with Crippen molar-refractivity contribution in [2.45, 2.75) is 39.0 Å². The number of hydrogen-bond donors (Lipinski definition) is 2. The van der Waals surface area contributed by atoms with Crippen molar-refractivity contribution in [1.82, 2.24) is 5.32 Å². The van der Waals surface area contributed by atoms with E-state index in [9.17, 15) is 4.79 Å². The molecule has 0 aliphatic heterocycles. The molecule has 2 N–H and O–H groups in total. The summed E-state index contributed by atoms with van der Waals surface area (Å²) in [5, 5.41) is 11.8. The lowest BCUT2D eigenvalue weighted by molar-refractivity contribution is -0.132. The number of rotatable bonds is 6. The fraction of sp³-hybridized carbons (Fsp3) is 0.769. The molecule has 0 aromatic rings. The van der Waals surface area contributed by atoms with Crippen LogP contribution in [0, 0.1) is 11.8 Å². The summed E-state index contributed by atoms with van der Waals surface area (Å²) in [6.07, 6.45) is 6.54. The maximum atomic E-state index is 10.5. The summed E-state index contributed by atoms with van der Waals surface area (Å²) in [5.41, 5.74) is 0.252. The average molecular weight is 225 g/mol. The van der Waals surface area contributed by atoms with Gasteiger partial charge in [0, 0.05) is 12.1 Å². The topological polar surface area (TPSA) is 49.3 Å². The first-order chi connectivity index (χ1) is 7.63. The van der Waals surface area contributed by atoms with E-state index in [4.69, 9.17) is 5.11 Å². The lowest BCUT2D eigenvalue weighted by atomic mass is 9.81. The highest BCUT2D eigenvalue weighted by molar-refractivity contribution is 5.86. The Morgan fingerprint density at radius 3 is 2.38 bits per heavy atom. The quantitative estimate of drug-likeness (QED) is 0.683. The first-order valence-corrected chi connectivity index (χ1v) is 6.25. The Bertz CT molecular complexity index is 242. The smallest absolute Gasteiger partial charge is 0.332 e. The van der Waals surface area contributed by atoms with E-state index < -0.39 is 5.97 Å². The number of carboxylic acid groups (broad SMARTS) is 1. The third-order valence-electron chi connectivity index (χ3n) is 3.62. The van der Waals surface area contributed by atoms with Crippen LogP contribution in [0.4, 0.5) is 0 Å². The molecule has 0 bridgehead atoms. The highest BCUT2D eigenvalue weighted by atomic mass is 16.4. The second-order valence-electron chi connectivity index (χ2n) is 4.83. The molecule has 0 radical (unpaired) electrons. The van der Waals surface area contributed by atoms with Crippen molar-refractivity contribution in [3.8, 4) is 0 Å². The lowest BCUT2D eigenvalue weighted by Gasteiger charge is -2.27. The van der Waals surface area contributed by atoms with Crippen LogP contribution in [-0.2, 0) is 4.79 Å².